The molecule has 1 aliphatic rings. The van der Waals surface area contributed by atoms with E-state index >= 15 is 0 Å². The normalized spacial score (nSPS) is 17.8. The van der Waals surface area contributed by atoms with E-state index in [9.17, 15) is 0 Å². The van der Waals surface area contributed by atoms with Crippen LogP contribution in [0, 0.1) is 0 Å². The van der Waals surface area contributed by atoms with Crippen LogP contribution in [0.15, 0.2) is 23.8 Å². The van der Waals surface area contributed by atoms with Crippen LogP contribution in [-0.2, 0) is 0 Å². The van der Waals surface area contributed by atoms with E-state index in [1.807, 2.05) is 0 Å². The Morgan fingerprint density at radius 3 is 1.94 bits per heavy atom. The van der Waals surface area contributed by atoms with Gasteiger partial charge in [0.25, 0.3) is 0 Å². The summed E-state index contributed by atoms with van der Waals surface area (Å²) in [4.78, 5) is 0. The molecule has 0 radical (unpaired) electrons. The van der Waals surface area contributed by atoms with Gasteiger partial charge in [0.2, 0.25) is 0 Å². The Hall–Kier alpha value is 0.916. The molecule has 0 spiro atoms. The molecule has 0 saturated heterocycles. The Bertz CT molecular complexity index is 302. The van der Waals surface area contributed by atoms with E-state index < -0.39 is 26.5 Å². The molecule has 1 aliphatic carbocycles. The van der Waals surface area contributed by atoms with E-state index in [0.717, 1.165) is 0 Å². The molecule has 0 aromatic rings. The molecule has 0 aromatic heterocycles. The fourth-order valence-electron chi connectivity index (χ4n) is 2.61. The van der Waals surface area contributed by atoms with Crippen LogP contribution >= 0.6 is 12.6 Å². The summed E-state index contributed by atoms with van der Waals surface area (Å²) in [6.07, 6.45) is 9.20. The van der Waals surface area contributed by atoms with Gasteiger partial charge in [-0.15, -0.1) is 0 Å². The van der Waals surface area contributed by atoms with Crippen LogP contribution in [0.25, 0.3) is 0 Å². The Morgan fingerprint density at radius 2 is 1.62 bits per heavy atom. The molecule has 16 heavy (non-hydrogen) atoms. The first-order valence-electron chi connectivity index (χ1n) is 6.15. The maximum absolute atomic E-state index is 5.25. The van der Waals surface area contributed by atoms with Gasteiger partial charge in [-0.05, 0) is 0 Å². The summed E-state index contributed by atoms with van der Waals surface area (Å²) in [5.74, 6) is 15.2. The van der Waals surface area contributed by atoms with Crippen molar-refractivity contribution in [2.45, 2.75) is 49.8 Å². The molecule has 0 aromatic carbocycles. The number of rotatable bonds is 4. The first-order chi connectivity index (χ1) is 7.08. The molecule has 92 valence electrons. The average molecular weight is 360 g/mol. The molecule has 0 heterocycles. The zero-order valence-electron chi connectivity index (χ0n) is 11.6. The second-order valence-corrected chi connectivity index (χ2v) is 34.2. The topological polar surface area (TPSA) is 0 Å². The van der Waals surface area contributed by atoms with Crippen molar-refractivity contribution in [3.05, 3.63) is 23.8 Å². The molecule has 0 unspecified atom stereocenters. The Balaban J connectivity index is 2.97. The van der Waals surface area contributed by atoms with Crippen LogP contribution in [0.2, 0.25) is 34.5 Å². The van der Waals surface area contributed by atoms with Gasteiger partial charge in [-0.1, -0.05) is 0 Å². The van der Waals surface area contributed by atoms with Crippen LogP contribution in [0.4, 0.5) is 0 Å². The molecule has 0 amide bonds. The Labute approximate surface area is 112 Å². The van der Waals surface area contributed by atoms with Crippen LogP contribution < -0.4 is 0 Å². The van der Waals surface area contributed by atoms with Gasteiger partial charge in [0.1, 0.15) is 0 Å². The molecular formula is C13H26Ge2S. The van der Waals surface area contributed by atoms with Gasteiger partial charge in [-0.25, -0.2) is 0 Å². The summed E-state index contributed by atoms with van der Waals surface area (Å²) < 4.78 is 0.401. The number of hydrogen-bond acceptors (Lipinski definition) is 1. The summed E-state index contributed by atoms with van der Waals surface area (Å²) >= 11 is 1.73. The summed E-state index contributed by atoms with van der Waals surface area (Å²) in [7, 11) is 0. The van der Waals surface area contributed by atoms with Crippen molar-refractivity contribution in [3.63, 3.8) is 0 Å². The summed E-state index contributed by atoms with van der Waals surface area (Å²) in [6, 6.07) is 0. The van der Waals surface area contributed by atoms with Crippen molar-refractivity contribution < 1.29 is 0 Å². The SMILES string of the molecule is [CH3][Ge]([CH3])([CH3])[C](S)(CC1=CC=CC1)[Ge]([CH3])([CH3])[CH3]. The zero-order chi connectivity index (χ0) is 12.6. The van der Waals surface area contributed by atoms with Crippen molar-refractivity contribution in [3.8, 4) is 0 Å². The molecule has 0 saturated carbocycles. The molecule has 0 fully saturated rings. The average Bonchev–Trinajstić information content (AvgIpc) is 2.52. The molecule has 0 N–H and O–H groups in total. The van der Waals surface area contributed by atoms with Gasteiger partial charge < -0.3 is 0 Å². The van der Waals surface area contributed by atoms with E-state index in [-0.39, 0.29) is 0 Å². The minimum absolute atomic E-state index is 0.401. The summed E-state index contributed by atoms with van der Waals surface area (Å²) in [6.45, 7) is 0. The van der Waals surface area contributed by atoms with E-state index in [4.69, 9.17) is 12.6 Å². The van der Waals surface area contributed by atoms with Crippen LogP contribution in [0.1, 0.15) is 12.8 Å². The third-order valence-electron chi connectivity index (χ3n) is 3.81. The van der Waals surface area contributed by atoms with E-state index in [1.165, 1.54) is 12.8 Å². The summed E-state index contributed by atoms with van der Waals surface area (Å²) in [5.41, 5.74) is 1.61. The minimum atomic E-state index is -1.76. The third kappa shape index (κ3) is 3.02. The number of hydrogen-bond donors (Lipinski definition) is 1. The maximum atomic E-state index is 5.25. The van der Waals surface area contributed by atoms with Crippen LogP contribution in [-0.4, -0.2) is 28.9 Å². The Kier molecular flexibility index (Phi) is 4.57. The fraction of sp³-hybridized carbons (Fsp3) is 0.692. The van der Waals surface area contributed by atoms with Gasteiger partial charge in [-0.2, -0.15) is 0 Å². The van der Waals surface area contributed by atoms with Crippen LogP contribution in [0.5, 0.6) is 0 Å². The fourth-order valence-corrected chi connectivity index (χ4v) is 35.2. The van der Waals surface area contributed by atoms with Crippen molar-refractivity contribution in [1.82, 2.24) is 0 Å². The second-order valence-electron chi connectivity index (χ2n) is 6.99. The van der Waals surface area contributed by atoms with Gasteiger partial charge >= 0.3 is 113 Å². The quantitative estimate of drug-likeness (QED) is 0.546. The second kappa shape index (κ2) is 4.89. The Morgan fingerprint density at radius 1 is 1.12 bits per heavy atom. The van der Waals surface area contributed by atoms with Crippen molar-refractivity contribution in [2.24, 2.45) is 0 Å². The number of allylic oxidation sites excluding steroid dienone is 4. The third-order valence-corrected chi connectivity index (χ3v) is 38.4. The molecule has 1 rings (SSSR count). The van der Waals surface area contributed by atoms with Crippen LogP contribution in [0.3, 0.4) is 0 Å². The van der Waals surface area contributed by atoms with E-state index in [1.54, 1.807) is 5.57 Å². The molecule has 0 nitrogen and oxygen atoms in total. The molecule has 0 atom stereocenters. The molecule has 0 bridgehead atoms. The van der Waals surface area contributed by atoms with Gasteiger partial charge in [0.15, 0.2) is 0 Å². The predicted molar refractivity (Wildman–Crippen MR) is 84.9 cm³/mol. The van der Waals surface area contributed by atoms with Gasteiger partial charge in [-0.3, -0.25) is 0 Å². The molecule has 3 heteroatoms. The molecule has 0 aliphatic heterocycles. The number of thiol groups is 1. The standard InChI is InChI=1S/C13H26Ge2S/c1-14(2,3)13(16,15(4,5)6)11-12-9-7-8-10-12/h7-9,16H,10-11H2,1-6H3. The summed E-state index contributed by atoms with van der Waals surface area (Å²) in [5, 5.41) is 0. The van der Waals surface area contributed by atoms with Crippen molar-refractivity contribution in [2.75, 3.05) is 0 Å². The van der Waals surface area contributed by atoms with Crippen molar-refractivity contribution >= 4 is 39.2 Å². The van der Waals surface area contributed by atoms with Gasteiger partial charge in [0, 0.05) is 0 Å². The zero-order valence-corrected chi connectivity index (χ0v) is 16.7. The first kappa shape index (κ1) is 15.0. The van der Waals surface area contributed by atoms with Gasteiger partial charge in [0.05, 0.1) is 0 Å². The predicted octanol–water partition coefficient (Wildman–Crippen LogP) is 4.69. The first-order valence-corrected chi connectivity index (χ1v) is 21.3. The van der Waals surface area contributed by atoms with Crippen molar-refractivity contribution in [1.29, 1.82) is 0 Å². The van der Waals surface area contributed by atoms with E-state index in [2.05, 4.69) is 52.8 Å². The van der Waals surface area contributed by atoms with E-state index in [0.29, 0.717) is 2.41 Å². The monoisotopic (exact) mass is 362 g/mol. The molecular weight excluding hydrogens is 333 g/mol.